The van der Waals surface area contributed by atoms with Crippen molar-refractivity contribution in [2.75, 3.05) is 20.8 Å². The fraction of sp³-hybridized carbons (Fsp3) is 0.800. The summed E-state index contributed by atoms with van der Waals surface area (Å²) in [6.07, 6.45) is 1.05. The zero-order valence-corrected chi connectivity index (χ0v) is 9.24. The van der Waals surface area contributed by atoms with E-state index in [9.17, 15) is 9.59 Å². The molecule has 0 radical (unpaired) electrons. The van der Waals surface area contributed by atoms with Crippen molar-refractivity contribution < 1.29 is 23.8 Å². The fourth-order valence-electron chi connectivity index (χ4n) is 1.33. The molecule has 15 heavy (non-hydrogen) atoms. The van der Waals surface area contributed by atoms with E-state index in [1.807, 2.05) is 6.92 Å². The van der Waals surface area contributed by atoms with Crippen molar-refractivity contribution in [3.05, 3.63) is 0 Å². The predicted octanol–water partition coefficient (Wildman–Crippen LogP) is 0.518. The normalized spacial score (nSPS) is 23.7. The Balaban J connectivity index is 2.48. The van der Waals surface area contributed by atoms with Crippen molar-refractivity contribution in [3.63, 3.8) is 0 Å². The Bertz CT molecular complexity index is 241. The molecule has 1 aliphatic rings. The molecule has 0 N–H and O–H groups in total. The first kappa shape index (κ1) is 12.0. The maximum Gasteiger partial charge on any atom is 0.320 e. The van der Waals surface area contributed by atoms with E-state index in [1.54, 1.807) is 0 Å². The minimum absolute atomic E-state index is 0.166. The average molecular weight is 216 g/mol. The first-order valence-corrected chi connectivity index (χ1v) is 4.82. The van der Waals surface area contributed by atoms with Gasteiger partial charge >= 0.3 is 11.9 Å². The van der Waals surface area contributed by atoms with E-state index in [0.717, 1.165) is 0 Å². The molecule has 86 valence electrons. The summed E-state index contributed by atoms with van der Waals surface area (Å²) >= 11 is 0. The van der Waals surface area contributed by atoms with Gasteiger partial charge in [0.1, 0.15) is 0 Å². The van der Waals surface area contributed by atoms with Gasteiger partial charge in [0.15, 0.2) is 5.92 Å². The minimum Gasteiger partial charge on any atom is -0.468 e. The molecule has 5 nitrogen and oxygen atoms in total. The fourth-order valence-corrected chi connectivity index (χ4v) is 1.33. The number of hydrogen-bond donors (Lipinski definition) is 0. The lowest BCUT2D eigenvalue weighted by atomic mass is 9.97. The number of methoxy groups -OCH3 is 2. The lowest BCUT2D eigenvalue weighted by Crippen LogP contribution is -2.27. The maximum absolute atomic E-state index is 11.3. The van der Waals surface area contributed by atoms with E-state index in [1.165, 1.54) is 14.2 Å². The highest BCUT2D eigenvalue weighted by molar-refractivity contribution is 5.94. The molecule has 1 fully saturated rings. The topological polar surface area (TPSA) is 65.1 Å². The van der Waals surface area contributed by atoms with Crippen molar-refractivity contribution in [1.29, 1.82) is 0 Å². The standard InChI is InChI=1S/C10H16O5/c1-10(6-15-10)5-4-7(8(11)13-2)9(12)14-3/h7H,4-6H2,1-3H3/t10-/m1/s1. The van der Waals surface area contributed by atoms with Crippen LogP contribution in [0.4, 0.5) is 0 Å². The molecule has 0 unspecified atom stereocenters. The van der Waals surface area contributed by atoms with Crippen LogP contribution in [-0.2, 0) is 23.8 Å². The summed E-state index contributed by atoms with van der Waals surface area (Å²) in [6.45, 7) is 2.63. The van der Waals surface area contributed by atoms with Gasteiger partial charge in [-0.05, 0) is 19.8 Å². The zero-order chi connectivity index (χ0) is 11.5. The Labute approximate surface area is 88.7 Å². The molecule has 5 heteroatoms. The van der Waals surface area contributed by atoms with Crippen molar-refractivity contribution in [2.24, 2.45) is 5.92 Å². The van der Waals surface area contributed by atoms with Gasteiger partial charge in [0.25, 0.3) is 0 Å². The number of carbonyl (C=O) groups excluding carboxylic acids is 2. The maximum atomic E-state index is 11.3. The van der Waals surface area contributed by atoms with Crippen LogP contribution in [0, 0.1) is 5.92 Å². The molecule has 1 rings (SSSR count). The Kier molecular flexibility index (Phi) is 3.68. The Morgan fingerprint density at radius 2 is 1.80 bits per heavy atom. The molecule has 0 saturated carbocycles. The van der Waals surface area contributed by atoms with Gasteiger partial charge in [-0.1, -0.05) is 0 Å². The number of ether oxygens (including phenoxy) is 3. The second-order valence-electron chi connectivity index (χ2n) is 3.88. The van der Waals surface area contributed by atoms with E-state index in [4.69, 9.17) is 4.74 Å². The number of esters is 2. The third-order valence-electron chi connectivity index (χ3n) is 2.57. The van der Waals surface area contributed by atoms with Gasteiger partial charge in [-0.15, -0.1) is 0 Å². The van der Waals surface area contributed by atoms with Gasteiger partial charge in [-0.3, -0.25) is 9.59 Å². The van der Waals surface area contributed by atoms with Crippen molar-refractivity contribution in [3.8, 4) is 0 Å². The summed E-state index contributed by atoms with van der Waals surface area (Å²) in [5.74, 6) is -1.93. The summed E-state index contributed by atoms with van der Waals surface area (Å²) in [7, 11) is 2.52. The molecular formula is C10H16O5. The molecule has 1 heterocycles. The quantitative estimate of drug-likeness (QED) is 0.381. The van der Waals surface area contributed by atoms with Crippen molar-refractivity contribution in [1.82, 2.24) is 0 Å². The Hall–Kier alpha value is -1.10. The molecule has 0 spiro atoms. The smallest absolute Gasteiger partial charge is 0.320 e. The zero-order valence-electron chi connectivity index (χ0n) is 9.24. The lowest BCUT2D eigenvalue weighted by molar-refractivity contribution is -0.159. The molecule has 1 saturated heterocycles. The number of epoxide rings is 1. The lowest BCUT2D eigenvalue weighted by Gasteiger charge is -2.13. The van der Waals surface area contributed by atoms with Gasteiger partial charge in [0.2, 0.25) is 0 Å². The third-order valence-corrected chi connectivity index (χ3v) is 2.57. The Morgan fingerprint density at radius 3 is 2.13 bits per heavy atom. The molecule has 0 aliphatic carbocycles. The van der Waals surface area contributed by atoms with Crippen LogP contribution in [0.2, 0.25) is 0 Å². The highest BCUT2D eigenvalue weighted by Gasteiger charge is 2.41. The van der Waals surface area contributed by atoms with Crippen molar-refractivity contribution in [2.45, 2.75) is 25.4 Å². The highest BCUT2D eigenvalue weighted by atomic mass is 16.6. The van der Waals surface area contributed by atoms with Crippen molar-refractivity contribution >= 4 is 11.9 Å². The molecular weight excluding hydrogens is 200 g/mol. The summed E-state index contributed by atoms with van der Waals surface area (Å²) < 4.78 is 14.2. The van der Waals surface area contributed by atoms with Crippen LogP contribution in [-0.4, -0.2) is 38.4 Å². The molecule has 0 aromatic rings. The summed E-state index contributed by atoms with van der Waals surface area (Å²) in [6, 6.07) is 0. The van der Waals surface area contributed by atoms with E-state index in [2.05, 4.69) is 9.47 Å². The predicted molar refractivity (Wildman–Crippen MR) is 51.1 cm³/mol. The van der Waals surface area contributed by atoms with E-state index in [0.29, 0.717) is 19.4 Å². The van der Waals surface area contributed by atoms with Gasteiger partial charge < -0.3 is 14.2 Å². The number of hydrogen-bond acceptors (Lipinski definition) is 5. The molecule has 0 aromatic carbocycles. The first-order valence-electron chi connectivity index (χ1n) is 4.82. The molecule has 1 atom stereocenters. The molecule has 1 aliphatic heterocycles. The minimum atomic E-state index is -0.832. The van der Waals surface area contributed by atoms with E-state index in [-0.39, 0.29) is 5.60 Å². The van der Waals surface area contributed by atoms with Gasteiger partial charge in [0.05, 0.1) is 26.4 Å². The highest BCUT2D eigenvalue weighted by Crippen LogP contribution is 2.32. The number of rotatable bonds is 5. The van der Waals surface area contributed by atoms with Crippen LogP contribution in [0.15, 0.2) is 0 Å². The first-order chi connectivity index (χ1) is 7.02. The summed E-state index contributed by atoms with van der Waals surface area (Å²) in [5.41, 5.74) is -0.166. The van der Waals surface area contributed by atoms with E-state index >= 15 is 0 Å². The molecule has 0 bridgehead atoms. The molecule has 0 aromatic heterocycles. The summed E-state index contributed by atoms with van der Waals surface area (Å²) in [5, 5.41) is 0. The van der Waals surface area contributed by atoms with Gasteiger partial charge in [0, 0.05) is 0 Å². The van der Waals surface area contributed by atoms with Crippen LogP contribution in [0.25, 0.3) is 0 Å². The Morgan fingerprint density at radius 1 is 1.33 bits per heavy atom. The van der Waals surface area contributed by atoms with Crippen LogP contribution in [0.3, 0.4) is 0 Å². The molecule has 0 amide bonds. The summed E-state index contributed by atoms with van der Waals surface area (Å²) in [4.78, 5) is 22.6. The van der Waals surface area contributed by atoms with E-state index < -0.39 is 17.9 Å². The monoisotopic (exact) mass is 216 g/mol. The van der Waals surface area contributed by atoms with Crippen LogP contribution in [0.1, 0.15) is 19.8 Å². The largest absolute Gasteiger partial charge is 0.468 e. The number of carbonyl (C=O) groups is 2. The van der Waals surface area contributed by atoms with Gasteiger partial charge in [-0.25, -0.2) is 0 Å². The average Bonchev–Trinajstić information content (AvgIpc) is 2.96. The van der Waals surface area contributed by atoms with Crippen LogP contribution in [0.5, 0.6) is 0 Å². The second-order valence-corrected chi connectivity index (χ2v) is 3.88. The SMILES string of the molecule is COC(=O)C(CC[C@]1(C)CO1)C(=O)OC. The third kappa shape index (κ3) is 3.20. The van der Waals surface area contributed by atoms with Crippen LogP contribution >= 0.6 is 0 Å². The second kappa shape index (κ2) is 4.61. The van der Waals surface area contributed by atoms with Gasteiger partial charge in [-0.2, -0.15) is 0 Å². The van der Waals surface area contributed by atoms with Crippen LogP contribution < -0.4 is 0 Å².